The fourth-order valence-electron chi connectivity index (χ4n) is 3.86. The van der Waals surface area contributed by atoms with Crippen LogP contribution in [0.15, 0.2) is 16.9 Å². The molecular weight excluding hydrogens is 361 g/mol. The van der Waals surface area contributed by atoms with Gasteiger partial charge in [-0.15, -0.1) is 0 Å². The smallest absolute Gasteiger partial charge is 0.344 e. The summed E-state index contributed by atoms with van der Waals surface area (Å²) < 4.78 is 21.0. The summed E-state index contributed by atoms with van der Waals surface area (Å²) in [5, 5.41) is 9.27. The normalized spacial score (nSPS) is 15.3. The first-order valence-corrected chi connectivity index (χ1v) is 9.71. The third kappa shape index (κ3) is 3.43. The number of ether oxygens (including phenoxy) is 1. The number of aromatic nitrogens is 1. The van der Waals surface area contributed by atoms with E-state index in [1.54, 1.807) is 0 Å². The molecule has 1 aliphatic rings. The van der Waals surface area contributed by atoms with Crippen molar-refractivity contribution in [3.8, 4) is 17.0 Å². The van der Waals surface area contributed by atoms with E-state index in [-0.39, 0.29) is 11.8 Å². The van der Waals surface area contributed by atoms with Crippen molar-refractivity contribution >= 4 is 5.97 Å². The van der Waals surface area contributed by atoms with Gasteiger partial charge >= 0.3 is 5.97 Å². The zero-order valence-corrected chi connectivity index (χ0v) is 16.7. The van der Waals surface area contributed by atoms with E-state index in [2.05, 4.69) is 11.9 Å². The molecule has 2 N–H and O–H groups in total. The van der Waals surface area contributed by atoms with Crippen LogP contribution in [0, 0.1) is 18.7 Å². The first kappa shape index (κ1) is 20.1. The molecule has 0 aliphatic heterocycles. The van der Waals surface area contributed by atoms with Crippen LogP contribution in [0.2, 0.25) is 0 Å². The number of pyridine rings is 1. The molecule has 1 aromatic heterocycles. The molecule has 6 heteroatoms. The Hall–Kier alpha value is -2.63. The molecule has 1 aromatic carbocycles. The summed E-state index contributed by atoms with van der Waals surface area (Å²) in [4.78, 5) is 26.3. The number of nitrogens with one attached hydrogen (secondary N) is 1. The minimum absolute atomic E-state index is 0.0692. The minimum Gasteiger partial charge on any atom is -0.493 e. The van der Waals surface area contributed by atoms with Crippen LogP contribution in [-0.4, -0.2) is 22.7 Å². The van der Waals surface area contributed by atoms with E-state index in [0.717, 1.165) is 35.3 Å². The highest BCUT2D eigenvalue weighted by Gasteiger charge is 2.34. The Labute approximate surface area is 163 Å². The van der Waals surface area contributed by atoms with Crippen molar-refractivity contribution in [3.63, 3.8) is 0 Å². The maximum absolute atomic E-state index is 15.1. The Morgan fingerprint density at radius 1 is 1.39 bits per heavy atom. The van der Waals surface area contributed by atoms with Gasteiger partial charge in [-0.05, 0) is 54.9 Å². The molecule has 0 radical (unpaired) electrons. The largest absolute Gasteiger partial charge is 0.493 e. The molecule has 28 heavy (non-hydrogen) atoms. The summed E-state index contributed by atoms with van der Waals surface area (Å²) in [6, 6.07) is 3.86. The Morgan fingerprint density at radius 3 is 2.71 bits per heavy atom. The number of aromatic amines is 1. The number of hydrogen-bond acceptors (Lipinski definition) is 3. The Balaban J connectivity index is 2.21. The van der Waals surface area contributed by atoms with Gasteiger partial charge in [0.05, 0.1) is 12.3 Å². The predicted molar refractivity (Wildman–Crippen MR) is 106 cm³/mol. The van der Waals surface area contributed by atoms with E-state index in [4.69, 9.17) is 4.74 Å². The van der Waals surface area contributed by atoms with Gasteiger partial charge in [-0.2, -0.15) is 0 Å². The van der Waals surface area contributed by atoms with Crippen molar-refractivity contribution < 1.29 is 19.0 Å². The molecule has 1 heterocycles. The predicted octanol–water partition coefficient (Wildman–Crippen LogP) is 4.66. The molecule has 150 valence electrons. The molecule has 0 saturated heterocycles. The molecular formula is C22H26FNO4. The number of unbranched alkanes of at least 4 members (excludes halogenated alkanes) is 1. The van der Waals surface area contributed by atoms with Gasteiger partial charge in [0.1, 0.15) is 11.6 Å². The van der Waals surface area contributed by atoms with E-state index in [0.29, 0.717) is 24.3 Å². The van der Waals surface area contributed by atoms with Gasteiger partial charge < -0.3 is 14.8 Å². The number of aryl methyl sites for hydroxylation is 1. The lowest BCUT2D eigenvalue weighted by molar-refractivity contribution is 0.0689. The zero-order chi connectivity index (χ0) is 20.6. The van der Waals surface area contributed by atoms with Crippen LogP contribution in [0.1, 0.15) is 66.6 Å². The molecule has 3 rings (SSSR count). The molecule has 1 aliphatic carbocycles. The monoisotopic (exact) mass is 387 g/mol. The van der Waals surface area contributed by atoms with Crippen molar-refractivity contribution in [2.75, 3.05) is 6.61 Å². The summed E-state index contributed by atoms with van der Waals surface area (Å²) in [6.07, 6.45) is 2.57. The first-order valence-electron chi connectivity index (χ1n) is 9.71. The van der Waals surface area contributed by atoms with Crippen molar-refractivity contribution in [1.29, 1.82) is 0 Å². The van der Waals surface area contributed by atoms with Crippen LogP contribution in [0.4, 0.5) is 4.39 Å². The van der Waals surface area contributed by atoms with E-state index in [9.17, 15) is 14.7 Å². The van der Waals surface area contributed by atoms with Gasteiger partial charge in [0.2, 0.25) is 0 Å². The standard InChI is InChI=1S/C22H26FNO4/c1-5-6-7-28-16-10-13-9-14(11(2)3)17-19(23)18(22(26)27)21(25)24-20(17)15(13)8-12(16)4/h8,10-11,14H,5-7,9H2,1-4H3,(H,24,25)(H,26,27). The van der Waals surface area contributed by atoms with Gasteiger partial charge in [0.15, 0.2) is 5.56 Å². The number of benzene rings is 1. The van der Waals surface area contributed by atoms with Gasteiger partial charge in [-0.1, -0.05) is 27.2 Å². The second-order valence-corrected chi connectivity index (χ2v) is 7.77. The van der Waals surface area contributed by atoms with Crippen molar-refractivity contribution in [1.82, 2.24) is 4.98 Å². The number of hydrogen-bond donors (Lipinski definition) is 2. The van der Waals surface area contributed by atoms with Crippen LogP contribution < -0.4 is 10.3 Å². The lowest BCUT2D eigenvalue weighted by Gasteiger charge is -2.31. The van der Waals surface area contributed by atoms with Crippen molar-refractivity contribution in [2.45, 2.75) is 52.9 Å². The molecule has 0 amide bonds. The summed E-state index contributed by atoms with van der Waals surface area (Å²) in [6.45, 7) is 8.58. The van der Waals surface area contributed by atoms with E-state index in [1.165, 1.54) is 0 Å². The molecule has 0 saturated carbocycles. The van der Waals surface area contributed by atoms with E-state index < -0.39 is 22.9 Å². The zero-order valence-electron chi connectivity index (χ0n) is 16.7. The number of aromatic carboxylic acids is 1. The number of carbonyl (C=O) groups is 1. The molecule has 0 spiro atoms. The second-order valence-electron chi connectivity index (χ2n) is 7.77. The van der Waals surface area contributed by atoms with Gasteiger partial charge in [-0.3, -0.25) is 4.79 Å². The van der Waals surface area contributed by atoms with E-state index in [1.807, 2.05) is 32.9 Å². The average molecular weight is 387 g/mol. The fourth-order valence-corrected chi connectivity index (χ4v) is 3.86. The van der Waals surface area contributed by atoms with Crippen LogP contribution in [0.5, 0.6) is 5.75 Å². The third-order valence-corrected chi connectivity index (χ3v) is 5.45. The molecule has 1 atom stereocenters. The maximum atomic E-state index is 15.1. The number of H-pyrrole nitrogens is 1. The van der Waals surface area contributed by atoms with Crippen molar-refractivity contribution in [2.24, 2.45) is 5.92 Å². The number of rotatable bonds is 6. The highest BCUT2D eigenvalue weighted by Crippen LogP contribution is 2.44. The van der Waals surface area contributed by atoms with Gasteiger partial charge in [-0.25, -0.2) is 9.18 Å². The van der Waals surface area contributed by atoms with Crippen LogP contribution in [0.3, 0.4) is 0 Å². The van der Waals surface area contributed by atoms with Gasteiger partial charge in [0.25, 0.3) is 5.56 Å². The molecule has 0 fully saturated rings. The quantitative estimate of drug-likeness (QED) is 0.707. The average Bonchev–Trinajstić information content (AvgIpc) is 2.61. The summed E-state index contributed by atoms with van der Waals surface area (Å²) in [7, 11) is 0. The van der Waals surface area contributed by atoms with Crippen molar-refractivity contribution in [3.05, 3.63) is 50.6 Å². The summed E-state index contributed by atoms with van der Waals surface area (Å²) >= 11 is 0. The molecule has 1 unspecified atom stereocenters. The second kappa shape index (κ2) is 7.78. The lowest BCUT2D eigenvalue weighted by Crippen LogP contribution is -2.28. The van der Waals surface area contributed by atoms with E-state index >= 15 is 4.39 Å². The Kier molecular flexibility index (Phi) is 5.59. The van der Waals surface area contributed by atoms with Gasteiger partial charge in [0, 0.05) is 11.1 Å². The highest BCUT2D eigenvalue weighted by atomic mass is 19.1. The summed E-state index contributed by atoms with van der Waals surface area (Å²) in [5.41, 5.74) is 1.55. The number of fused-ring (bicyclic) bond motifs is 3. The topological polar surface area (TPSA) is 79.4 Å². The lowest BCUT2D eigenvalue weighted by atomic mass is 9.75. The number of carboxylic acid groups (broad SMARTS) is 1. The maximum Gasteiger partial charge on any atom is 0.344 e. The molecule has 2 aromatic rings. The first-order chi connectivity index (χ1) is 13.3. The third-order valence-electron chi connectivity index (χ3n) is 5.45. The Bertz CT molecular complexity index is 977. The highest BCUT2D eigenvalue weighted by molar-refractivity contribution is 5.89. The SMILES string of the molecule is CCCCOc1cc2c(cc1C)-c1[nH]c(=O)c(C(=O)O)c(F)c1C(C(C)C)C2. The van der Waals surface area contributed by atoms with Crippen LogP contribution in [0.25, 0.3) is 11.3 Å². The fraction of sp³-hybridized carbons (Fsp3) is 0.455. The minimum atomic E-state index is -1.55. The van der Waals surface area contributed by atoms with Crippen LogP contribution in [-0.2, 0) is 6.42 Å². The number of carboxylic acids is 1. The number of halogens is 1. The molecule has 0 bridgehead atoms. The molecule has 5 nitrogen and oxygen atoms in total. The Morgan fingerprint density at radius 2 is 2.11 bits per heavy atom. The van der Waals surface area contributed by atoms with Crippen LogP contribution >= 0.6 is 0 Å². The summed E-state index contributed by atoms with van der Waals surface area (Å²) in [5.74, 6) is -1.84.